The summed E-state index contributed by atoms with van der Waals surface area (Å²) in [7, 11) is 0. The van der Waals surface area contributed by atoms with Gasteiger partial charge < -0.3 is 0 Å². The molecule has 0 saturated carbocycles. The van der Waals surface area contributed by atoms with Gasteiger partial charge >= 0.3 is 0 Å². The standard InChI is InChI=1S/C9H15BrN2S/c1-2-3-8(7-13)5-12-6-9(10)4-11-12/h4,6,8,13H,2-3,5,7H2,1H3. The number of halogens is 1. The largest absolute Gasteiger partial charge is 0.271 e. The van der Waals surface area contributed by atoms with Gasteiger partial charge in [0.05, 0.1) is 10.7 Å². The number of nitrogens with zero attached hydrogens (tertiary/aromatic N) is 2. The molecule has 1 rings (SSSR count). The van der Waals surface area contributed by atoms with Crippen LogP contribution in [0.4, 0.5) is 0 Å². The van der Waals surface area contributed by atoms with Gasteiger partial charge in [0.15, 0.2) is 0 Å². The molecule has 0 aliphatic rings. The van der Waals surface area contributed by atoms with Crippen LogP contribution in [-0.4, -0.2) is 15.5 Å². The number of aromatic nitrogens is 2. The predicted molar refractivity (Wildman–Crippen MR) is 62.2 cm³/mol. The maximum atomic E-state index is 4.33. The fourth-order valence-electron chi connectivity index (χ4n) is 1.35. The van der Waals surface area contributed by atoms with Crippen molar-refractivity contribution < 1.29 is 0 Å². The van der Waals surface area contributed by atoms with Crippen molar-refractivity contribution in [2.45, 2.75) is 26.3 Å². The van der Waals surface area contributed by atoms with Crippen molar-refractivity contribution in [1.82, 2.24) is 9.78 Å². The highest BCUT2D eigenvalue weighted by Crippen LogP contribution is 2.13. The van der Waals surface area contributed by atoms with Crippen LogP contribution in [0.5, 0.6) is 0 Å². The lowest BCUT2D eigenvalue weighted by Crippen LogP contribution is -2.12. The molecule has 4 heteroatoms. The molecule has 0 spiro atoms. The molecule has 0 aromatic carbocycles. The van der Waals surface area contributed by atoms with Crippen LogP contribution in [-0.2, 0) is 6.54 Å². The third kappa shape index (κ3) is 3.73. The molecule has 13 heavy (non-hydrogen) atoms. The summed E-state index contributed by atoms with van der Waals surface area (Å²) in [5, 5.41) is 4.22. The highest BCUT2D eigenvalue weighted by molar-refractivity contribution is 9.10. The monoisotopic (exact) mass is 262 g/mol. The second-order valence-corrected chi connectivity index (χ2v) is 4.50. The third-order valence-corrected chi connectivity index (χ3v) is 2.93. The summed E-state index contributed by atoms with van der Waals surface area (Å²) in [5.74, 6) is 1.57. The molecule has 0 N–H and O–H groups in total. The zero-order chi connectivity index (χ0) is 9.68. The smallest absolute Gasteiger partial charge is 0.0632 e. The van der Waals surface area contributed by atoms with Gasteiger partial charge in [0.1, 0.15) is 0 Å². The van der Waals surface area contributed by atoms with E-state index in [1.54, 1.807) is 0 Å². The predicted octanol–water partition coefficient (Wildman–Crippen LogP) is 2.99. The van der Waals surface area contributed by atoms with Crippen LogP contribution in [0.2, 0.25) is 0 Å². The van der Waals surface area contributed by atoms with Crippen molar-refractivity contribution in [2.24, 2.45) is 5.92 Å². The summed E-state index contributed by atoms with van der Waals surface area (Å²) in [4.78, 5) is 0. The van der Waals surface area contributed by atoms with Crippen molar-refractivity contribution in [3.8, 4) is 0 Å². The molecule has 0 aliphatic carbocycles. The Morgan fingerprint density at radius 2 is 2.46 bits per heavy atom. The average Bonchev–Trinajstić information content (AvgIpc) is 2.50. The number of hydrogen-bond donors (Lipinski definition) is 1. The normalized spacial score (nSPS) is 13.2. The van der Waals surface area contributed by atoms with Gasteiger partial charge in [-0.05, 0) is 34.0 Å². The fraction of sp³-hybridized carbons (Fsp3) is 0.667. The molecule has 0 bridgehead atoms. The molecule has 1 aromatic rings. The molecule has 2 nitrogen and oxygen atoms in total. The second-order valence-electron chi connectivity index (χ2n) is 3.22. The van der Waals surface area contributed by atoms with Gasteiger partial charge in [-0.2, -0.15) is 17.7 Å². The third-order valence-electron chi connectivity index (χ3n) is 2.00. The number of thiol groups is 1. The van der Waals surface area contributed by atoms with Gasteiger partial charge in [-0.25, -0.2) is 0 Å². The van der Waals surface area contributed by atoms with Gasteiger partial charge in [-0.1, -0.05) is 13.3 Å². The van der Waals surface area contributed by atoms with Gasteiger partial charge in [-0.3, -0.25) is 4.68 Å². The summed E-state index contributed by atoms with van der Waals surface area (Å²) >= 11 is 7.71. The van der Waals surface area contributed by atoms with E-state index in [0.29, 0.717) is 5.92 Å². The first-order chi connectivity index (χ1) is 6.26. The Morgan fingerprint density at radius 3 is 2.92 bits per heavy atom. The van der Waals surface area contributed by atoms with Crippen molar-refractivity contribution in [1.29, 1.82) is 0 Å². The number of hydrogen-bond acceptors (Lipinski definition) is 2. The van der Waals surface area contributed by atoms with Crippen LogP contribution in [0.1, 0.15) is 19.8 Å². The Balaban J connectivity index is 2.46. The summed E-state index contributed by atoms with van der Waals surface area (Å²) in [6.45, 7) is 3.18. The Morgan fingerprint density at radius 1 is 1.69 bits per heavy atom. The van der Waals surface area contributed by atoms with Crippen molar-refractivity contribution in [2.75, 3.05) is 5.75 Å². The Bertz CT molecular complexity index is 250. The molecule has 0 fully saturated rings. The molecule has 1 aromatic heterocycles. The summed E-state index contributed by atoms with van der Waals surface area (Å²) in [6, 6.07) is 0. The lowest BCUT2D eigenvalue weighted by molar-refractivity contribution is 0.427. The zero-order valence-corrected chi connectivity index (χ0v) is 10.3. The molecule has 0 saturated heterocycles. The maximum Gasteiger partial charge on any atom is 0.0632 e. The molecule has 0 aliphatic heterocycles. The van der Waals surface area contributed by atoms with Crippen molar-refractivity contribution in [3.05, 3.63) is 16.9 Å². The first-order valence-electron chi connectivity index (χ1n) is 4.55. The lowest BCUT2D eigenvalue weighted by Gasteiger charge is -2.12. The highest BCUT2D eigenvalue weighted by Gasteiger charge is 2.06. The van der Waals surface area contributed by atoms with Crippen molar-refractivity contribution in [3.63, 3.8) is 0 Å². The van der Waals surface area contributed by atoms with Crippen LogP contribution in [0, 0.1) is 5.92 Å². The first kappa shape index (κ1) is 11.1. The summed E-state index contributed by atoms with van der Waals surface area (Å²) in [6.07, 6.45) is 6.27. The van der Waals surface area contributed by atoms with Gasteiger partial charge in [0, 0.05) is 12.7 Å². The Labute approximate surface area is 93.3 Å². The van der Waals surface area contributed by atoms with E-state index in [1.165, 1.54) is 12.8 Å². The van der Waals surface area contributed by atoms with Crippen LogP contribution in [0.3, 0.4) is 0 Å². The van der Waals surface area contributed by atoms with E-state index in [-0.39, 0.29) is 0 Å². The summed E-state index contributed by atoms with van der Waals surface area (Å²) in [5.41, 5.74) is 0. The minimum absolute atomic E-state index is 0.639. The Kier molecular flexibility index (Phi) is 4.88. The molecular weight excluding hydrogens is 248 g/mol. The summed E-state index contributed by atoms with van der Waals surface area (Å²) < 4.78 is 3.02. The van der Waals surface area contributed by atoms with E-state index in [4.69, 9.17) is 0 Å². The minimum Gasteiger partial charge on any atom is -0.271 e. The number of rotatable bonds is 5. The molecule has 1 heterocycles. The Hall–Kier alpha value is 0.0400. The molecule has 74 valence electrons. The van der Waals surface area contributed by atoms with Crippen LogP contribution >= 0.6 is 28.6 Å². The van der Waals surface area contributed by atoms with E-state index in [2.05, 4.69) is 40.6 Å². The SMILES string of the molecule is CCCC(CS)Cn1cc(Br)cn1. The lowest BCUT2D eigenvalue weighted by atomic mass is 10.1. The van der Waals surface area contributed by atoms with E-state index in [1.807, 2.05) is 17.1 Å². The van der Waals surface area contributed by atoms with Gasteiger partial charge in [0.2, 0.25) is 0 Å². The van der Waals surface area contributed by atoms with Gasteiger partial charge in [0.25, 0.3) is 0 Å². The molecular formula is C9H15BrN2S. The first-order valence-corrected chi connectivity index (χ1v) is 5.97. The minimum atomic E-state index is 0.639. The zero-order valence-electron chi connectivity index (χ0n) is 7.78. The van der Waals surface area contributed by atoms with E-state index in [0.717, 1.165) is 16.8 Å². The van der Waals surface area contributed by atoms with E-state index >= 15 is 0 Å². The van der Waals surface area contributed by atoms with Crippen LogP contribution in [0.15, 0.2) is 16.9 Å². The topological polar surface area (TPSA) is 17.8 Å². The van der Waals surface area contributed by atoms with Crippen molar-refractivity contribution >= 4 is 28.6 Å². The maximum absolute atomic E-state index is 4.33. The fourth-order valence-corrected chi connectivity index (χ4v) is 1.98. The molecule has 0 amide bonds. The molecule has 0 radical (unpaired) electrons. The van der Waals surface area contributed by atoms with Crippen LogP contribution in [0.25, 0.3) is 0 Å². The quantitative estimate of drug-likeness (QED) is 0.808. The second kappa shape index (κ2) is 5.70. The average molecular weight is 263 g/mol. The highest BCUT2D eigenvalue weighted by atomic mass is 79.9. The molecule has 1 unspecified atom stereocenters. The van der Waals surface area contributed by atoms with Crippen LogP contribution < -0.4 is 0 Å². The van der Waals surface area contributed by atoms with Gasteiger partial charge in [-0.15, -0.1) is 0 Å². The molecule has 1 atom stereocenters. The van der Waals surface area contributed by atoms with E-state index < -0.39 is 0 Å². The van der Waals surface area contributed by atoms with E-state index in [9.17, 15) is 0 Å².